The van der Waals surface area contributed by atoms with Crippen LogP contribution in [0.2, 0.25) is 0 Å². The smallest absolute Gasteiger partial charge is 0.184 e. The zero-order chi connectivity index (χ0) is 16.9. The van der Waals surface area contributed by atoms with Crippen LogP contribution < -0.4 is 11.2 Å². The summed E-state index contributed by atoms with van der Waals surface area (Å²) in [6, 6.07) is 0. The number of thiocarbonyl (C=S) groups is 1. The zero-order valence-electron chi connectivity index (χ0n) is 15.3. The third-order valence-corrected chi connectivity index (χ3v) is 8.72. The Morgan fingerprint density at radius 3 is 2.71 bits per heavy atom. The molecule has 0 spiro atoms. The first-order valence-electron chi connectivity index (χ1n) is 10.1. The summed E-state index contributed by atoms with van der Waals surface area (Å²) in [5.41, 5.74) is 10.7. The summed E-state index contributed by atoms with van der Waals surface area (Å²) < 4.78 is 0. The lowest BCUT2D eigenvalue weighted by Crippen LogP contribution is -2.52. The van der Waals surface area contributed by atoms with E-state index in [-0.39, 0.29) is 5.41 Å². The second-order valence-corrected chi connectivity index (χ2v) is 9.87. The molecule has 3 N–H and O–H groups in total. The third kappa shape index (κ3) is 2.43. The number of nitrogens with two attached hydrogens (primary N) is 1. The molecule has 4 heteroatoms. The molecule has 0 saturated heterocycles. The fraction of sp³-hybridized carbons (Fsp3) is 0.900. The molecular formula is C20H33N3S. The molecule has 134 valence electrons. The number of fused-ring (bicyclic) bond motifs is 5. The molecule has 4 aliphatic carbocycles. The van der Waals surface area contributed by atoms with Gasteiger partial charge < -0.3 is 5.73 Å². The number of nitrogens with zero attached hydrogens (tertiary/aromatic N) is 1. The van der Waals surface area contributed by atoms with Gasteiger partial charge in [-0.3, -0.25) is 5.43 Å². The highest BCUT2D eigenvalue weighted by Crippen LogP contribution is 2.65. The van der Waals surface area contributed by atoms with Crippen LogP contribution in [-0.2, 0) is 0 Å². The van der Waals surface area contributed by atoms with Crippen LogP contribution in [0.4, 0.5) is 0 Å². The number of nitrogens with one attached hydrogen (secondary N) is 1. The summed E-state index contributed by atoms with van der Waals surface area (Å²) >= 11 is 4.94. The lowest BCUT2D eigenvalue weighted by atomic mass is 9.45. The van der Waals surface area contributed by atoms with Gasteiger partial charge in [-0.1, -0.05) is 26.7 Å². The topological polar surface area (TPSA) is 50.4 Å². The molecule has 3 nitrogen and oxygen atoms in total. The molecule has 0 aromatic carbocycles. The van der Waals surface area contributed by atoms with E-state index >= 15 is 0 Å². The lowest BCUT2D eigenvalue weighted by molar-refractivity contribution is -0.0936. The maximum Gasteiger partial charge on any atom is 0.184 e. The van der Waals surface area contributed by atoms with Gasteiger partial charge in [-0.2, -0.15) is 5.10 Å². The van der Waals surface area contributed by atoms with E-state index < -0.39 is 0 Å². The minimum absolute atomic E-state index is 0.275. The van der Waals surface area contributed by atoms with E-state index in [2.05, 4.69) is 24.4 Å². The van der Waals surface area contributed by atoms with Crippen molar-refractivity contribution in [1.82, 2.24) is 5.43 Å². The summed E-state index contributed by atoms with van der Waals surface area (Å²) in [7, 11) is 0. The molecule has 0 aromatic heterocycles. The molecule has 4 fully saturated rings. The van der Waals surface area contributed by atoms with Crippen LogP contribution in [0.25, 0.3) is 0 Å². The molecule has 0 aromatic rings. The van der Waals surface area contributed by atoms with Crippen LogP contribution >= 0.6 is 12.2 Å². The van der Waals surface area contributed by atoms with Crippen LogP contribution in [0.5, 0.6) is 0 Å². The van der Waals surface area contributed by atoms with Crippen LogP contribution in [0.15, 0.2) is 5.10 Å². The normalized spacial score (nSPS) is 49.2. The van der Waals surface area contributed by atoms with E-state index in [4.69, 9.17) is 18.0 Å². The van der Waals surface area contributed by atoms with E-state index in [9.17, 15) is 0 Å². The van der Waals surface area contributed by atoms with E-state index in [1.807, 2.05) is 0 Å². The molecule has 4 saturated carbocycles. The minimum atomic E-state index is 0.275. The molecule has 0 bridgehead atoms. The van der Waals surface area contributed by atoms with Crippen molar-refractivity contribution in [3.63, 3.8) is 0 Å². The summed E-state index contributed by atoms with van der Waals surface area (Å²) in [5, 5.41) is 4.91. The SMILES string of the molecule is C[C@]12CCCC[C@H]1CC[C@H]1[C@H]2CC[C@]2(C)/C(=N\NC(N)=S)CC[C@H]12. The van der Waals surface area contributed by atoms with Gasteiger partial charge in [-0.15, -0.1) is 0 Å². The number of hydrogen-bond acceptors (Lipinski definition) is 2. The van der Waals surface area contributed by atoms with Crippen LogP contribution in [0, 0.1) is 34.5 Å². The van der Waals surface area contributed by atoms with Gasteiger partial charge in [0.2, 0.25) is 0 Å². The van der Waals surface area contributed by atoms with Gasteiger partial charge in [0.25, 0.3) is 0 Å². The van der Waals surface area contributed by atoms with Gasteiger partial charge in [0.15, 0.2) is 5.11 Å². The second-order valence-electron chi connectivity index (χ2n) is 9.43. The molecule has 0 radical (unpaired) electrons. The monoisotopic (exact) mass is 347 g/mol. The summed E-state index contributed by atoms with van der Waals surface area (Å²) in [4.78, 5) is 0. The van der Waals surface area contributed by atoms with Crippen LogP contribution in [-0.4, -0.2) is 10.8 Å². The largest absolute Gasteiger partial charge is 0.375 e. The quantitative estimate of drug-likeness (QED) is 0.538. The third-order valence-electron chi connectivity index (χ3n) is 8.63. The van der Waals surface area contributed by atoms with Crippen molar-refractivity contribution in [2.24, 2.45) is 45.3 Å². The Bertz CT molecular complexity index is 559. The van der Waals surface area contributed by atoms with Crippen molar-refractivity contribution in [2.45, 2.75) is 78.1 Å². The molecule has 4 aliphatic rings. The molecule has 6 atom stereocenters. The fourth-order valence-corrected chi connectivity index (χ4v) is 7.44. The summed E-state index contributed by atoms with van der Waals surface area (Å²) in [5.74, 6) is 3.70. The first-order chi connectivity index (χ1) is 11.4. The Labute approximate surface area is 152 Å². The molecule has 24 heavy (non-hydrogen) atoms. The highest BCUT2D eigenvalue weighted by Gasteiger charge is 2.58. The first-order valence-corrected chi connectivity index (χ1v) is 10.5. The maximum atomic E-state index is 5.59. The lowest BCUT2D eigenvalue weighted by Gasteiger charge is -2.59. The molecule has 0 aliphatic heterocycles. The molecule has 0 heterocycles. The van der Waals surface area contributed by atoms with Crippen molar-refractivity contribution in [2.75, 3.05) is 0 Å². The van der Waals surface area contributed by atoms with E-state index in [0.29, 0.717) is 10.5 Å². The average Bonchev–Trinajstić information content (AvgIpc) is 2.89. The minimum Gasteiger partial charge on any atom is -0.375 e. The highest BCUT2D eigenvalue weighted by atomic mass is 32.1. The van der Waals surface area contributed by atoms with Crippen molar-refractivity contribution < 1.29 is 0 Å². The van der Waals surface area contributed by atoms with Crippen molar-refractivity contribution in [3.8, 4) is 0 Å². The summed E-state index contributed by atoms with van der Waals surface area (Å²) in [6.45, 7) is 5.12. The van der Waals surface area contributed by atoms with Gasteiger partial charge in [-0.25, -0.2) is 0 Å². The Morgan fingerprint density at radius 1 is 1.08 bits per heavy atom. The maximum absolute atomic E-state index is 5.59. The van der Waals surface area contributed by atoms with Crippen molar-refractivity contribution in [3.05, 3.63) is 0 Å². The van der Waals surface area contributed by atoms with Gasteiger partial charge in [-0.05, 0) is 92.7 Å². The fourth-order valence-electron chi connectivity index (χ4n) is 7.39. The van der Waals surface area contributed by atoms with Crippen LogP contribution in [0.1, 0.15) is 78.1 Å². The van der Waals surface area contributed by atoms with Gasteiger partial charge in [0.05, 0.1) is 0 Å². The molecular weight excluding hydrogens is 314 g/mol. The second kappa shape index (κ2) is 5.96. The first kappa shape index (κ1) is 16.8. The molecule has 0 unspecified atom stereocenters. The number of rotatable bonds is 1. The predicted octanol–water partition coefficient (Wildman–Crippen LogP) is 4.61. The molecule has 4 rings (SSSR count). The Hall–Kier alpha value is -0.640. The Kier molecular flexibility index (Phi) is 4.18. The van der Waals surface area contributed by atoms with Gasteiger partial charge in [0, 0.05) is 11.1 Å². The van der Waals surface area contributed by atoms with Gasteiger partial charge in [0.1, 0.15) is 0 Å². The highest BCUT2D eigenvalue weighted by molar-refractivity contribution is 7.80. The van der Waals surface area contributed by atoms with E-state index in [1.165, 1.54) is 63.5 Å². The average molecular weight is 348 g/mol. The zero-order valence-corrected chi connectivity index (χ0v) is 16.1. The molecule has 0 amide bonds. The predicted molar refractivity (Wildman–Crippen MR) is 104 cm³/mol. The van der Waals surface area contributed by atoms with Gasteiger partial charge >= 0.3 is 0 Å². The van der Waals surface area contributed by atoms with Crippen molar-refractivity contribution >= 4 is 23.0 Å². The summed E-state index contributed by atoms with van der Waals surface area (Å²) in [6.07, 6.45) is 14.0. The van der Waals surface area contributed by atoms with E-state index in [1.54, 1.807) is 0 Å². The van der Waals surface area contributed by atoms with E-state index in [0.717, 1.165) is 30.1 Å². The van der Waals surface area contributed by atoms with Crippen LogP contribution in [0.3, 0.4) is 0 Å². The Balaban J connectivity index is 1.59. The standard InChI is InChI=1S/C20H33N3S/c1-19-11-4-3-5-13(19)6-7-14-15-8-9-17(22-23-18(21)24)20(15,2)12-10-16(14)19/h13-16H,3-12H2,1-2H3,(H3,21,23,24)/b22-17-/t13-,14+,15+,16+,19-,20-/m0/s1. The van der Waals surface area contributed by atoms with Crippen molar-refractivity contribution in [1.29, 1.82) is 0 Å². The number of hydrogen-bond donors (Lipinski definition) is 2. The number of hydrazone groups is 1. The Morgan fingerprint density at radius 2 is 1.92 bits per heavy atom.